The van der Waals surface area contributed by atoms with Gasteiger partial charge in [-0.15, -0.1) is 22.9 Å². The second-order valence-electron chi connectivity index (χ2n) is 5.15. The van der Waals surface area contributed by atoms with Crippen LogP contribution in [0.15, 0.2) is 17.5 Å². The number of hydrogen-bond acceptors (Lipinski definition) is 3. The molecule has 5 heteroatoms. The molecule has 1 N–H and O–H groups in total. The molecular formula is C16H19ClN2OS. The van der Waals surface area contributed by atoms with E-state index in [9.17, 15) is 4.79 Å². The third-order valence-corrected chi connectivity index (χ3v) is 4.25. The molecule has 0 radical (unpaired) electrons. The minimum Gasteiger partial charge on any atom is -0.302 e. The van der Waals surface area contributed by atoms with Crippen LogP contribution in [-0.4, -0.2) is 16.8 Å². The lowest BCUT2D eigenvalue weighted by Gasteiger charge is -2.08. The summed E-state index contributed by atoms with van der Waals surface area (Å²) in [6, 6.07) is 4.31. The zero-order valence-electron chi connectivity index (χ0n) is 12.5. The predicted molar refractivity (Wildman–Crippen MR) is 90.3 cm³/mol. The molecule has 0 aliphatic carbocycles. The first-order valence-corrected chi connectivity index (χ1v) is 8.32. The van der Waals surface area contributed by atoms with Crippen molar-refractivity contribution in [2.45, 2.75) is 33.6 Å². The number of nitrogens with zero attached hydrogens (tertiary/aromatic N) is 1. The number of hydrogen-bond donors (Lipinski definition) is 1. The summed E-state index contributed by atoms with van der Waals surface area (Å²) in [6.07, 6.45) is 1.11. The van der Waals surface area contributed by atoms with E-state index in [4.69, 9.17) is 11.6 Å². The van der Waals surface area contributed by atoms with Crippen LogP contribution in [-0.2, 0) is 4.79 Å². The van der Waals surface area contributed by atoms with Crippen molar-refractivity contribution in [3.63, 3.8) is 0 Å². The van der Waals surface area contributed by atoms with Gasteiger partial charge in [0.05, 0.1) is 5.69 Å². The van der Waals surface area contributed by atoms with Gasteiger partial charge < -0.3 is 5.32 Å². The van der Waals surface area contributed by atoms with Gasteiger partial charge in [-0.05, 0) is 38.3 Å². The van der Waals surface area contributed by atoms with E-state index in [1.807, 2.05) is 5.38 Å². The van der Waals surface area contributed by atoms with E-state index in [0.717, 1.165) is 11.3 Å². The quantitative estimate of drug-likeness (QED) is 0.811. The molecule has 0 bridgehead atoms. The van der Waals surface area contributed by atoms with E-state index in [1.54, 1.807) is 0 Å². The number of thiazole rings is 1. The number of nitrogens with one attached hydrogen (secondary N) is 1. The molecule has 0 aliphatic heterocycles. The van der Waals surface area contributed by atoms with E-state index < -0.39 is 0 Å². The highest BCUT2D eigenvalue weighted by molar-refractivity contribution is 7.14. The molecule has 2 aromatic rings. The number of aryl methyl sites for hydroxylation is 3. The van der Waals surface area contributed by atoms with Gasteiger partial charge in [-0.25, -0.2) is 4.98 Å². The summed E-state index contributed by atoms with van der Waals surface area (Å²) in [5.41, 5.74) is 5.73. The fraction of sp³-hybridized carbons (Fsp3) is 0.375. The molecule has 1 aromatic heterocycles. The van der Waals surface area contributed by atoms with Gasteiger partial charge in [0.25, 0.3) is 0 Å². The Morgan fingerprint density at radius 2 is 1.95 bits per heavy atom. The fourth-order valence-electron chi connectivity index (χ4n) is 2.44. The molecule has 2 rings (SSSR count). The molecule has 0 saturated carbocycles. The SMILES string of the molecule is Cc1cc(C)c(-c2csc(NC(=O)CCCCl)n2)c(C)c1. The Morgan fingerprint density at radius 1 is 1.29 bits per heavy atom. The van der Waals surface area contributed by atoms with Gasteiger partial charge in [0.15, 0.2) is 5.13 Å². The maximum Gasteiger partial charge on any atom is 0.226 e. The van der Waals surface area contributed by atoms with Crippen LogP contribution in [0.4, 0.5) is 5.13 Å². The number of carbonyl (C=O) groups excluding carboxylic acids is 1. The number of carbonyl (C=O) groups is 1. The third kappa shape index (κ3) is 4.05. The average Bonchev–Trinajstić information content (AvgIpc) is 2.83. The smallest absolute Gasteiger partial charge is 0.226 e. The number of halogens is 1. The van der Waals surface area contributed by atoms with Crippen LogP contribution in [0.25, 0.3) is 11.3 Å². The first-order chi connectivity index (χ1) is 10.0. The second kappa shape index (κ2) is 7.05. The lowest BCUT2D eigenvalue weighted by Crippen LogP contribution is -2.11. The number of benzene rings is 1. The Labute approximate surface area is 134 Å². The first-order valence-electron chi connectivity index (χ1n) is 6.91. The maximum absolute atomic E-state index is 11.7. The van der Waals surface area contributed by atoms with Crippen molar-refractivity contribution in [2.75, 3.05) is 11.2 Å². The molecule has 1 heterocycles. The molecule has 0 spiro atoms. The summed E-state index contributed by atoms with van der Waals surface area (Å²) in [6.45, 7) is 6.27. The highest BCUT2D eigenvalue weighted by Gasteiger charge is 2.12. The van der Waals surface area contributed by atoms with Crippen LogP contribution in [0.1, 0.15) is 29.5 Å². The van der Waals surface area contributed by atoms with Gasteiger partial charge in [0, 0.05) is 23.2 Å². The highest BCUT2D eigenvalue weighted by atomic mass is 35.5. The standard InChI is InChI=1S/C16H19ClN2OS/c1-10-7-11(2)15(12(3)8-10)13-9-21-16(18-13)19-14(20)5-4-6-17/h7-9H,4-6H2,1-3H3,(H,18,19,20). The minimum atomic E-state index is -0.0334. The van der Waals surface area contributed by atoms with E-state index >= 15 is 0 Å². The first kappa shape index (κ1) is 16.0. The number of rotatable bonds is 5. The van der Waals surface area contributed by atoms with Crippen molar-refractivity contribution in [3.8, 4) is 11.3 Å². The molecule has 21 heavy (non-hydrogen) atoms. The Hall–Kier alpha value is -1.39. The summed E-state index contributed by atoms with van der Waals surface area (Å²) in [4.78, 5) is 16.2. The van der Waals surface area contributed by atoms with Crippen molar-refractivity contribution in [1.29, 1.82) is 0 Å². The van der Waals surface area contributed by atoms with E-state index in [2.05, 4.69) is 43.2 Å². The number of aromatic nitrogens is 1. The molecule has 1 aromatic carbocycles. The van der Waals surface area contributed by atoms with Gasteiger partial charge in [-0.2, -0.15) is 0 Å². The topological polar surface area (TPSA) is 42.0 Å². The molecule has 112 valence electrons. The van der Waals surface area contributed by atoms with Crippen LogP contribution in [0.3, 0.4) is 0 Å². The molecule has 0 atom stereocenters. The van der Waals surface area contributed by atoms with E-state index in [-0.39, 0.29) is 5.91 Å². The monoisotopic (exact) mass is 322 g/mol. The molecule has 0 unspecified atom stereocenters. The van der Waals surface area contributed by atoms with Crippen molar-refractivity contribution >= 4 is 34.0 Å². The molecular weight excluding hydrogens is 304 g/mol. The average molecular weight is 323 g/mol. The van der Waals surface area contributed by atoms with Gasteiger partial charge in [0.2, 0.25) is 5.91 Å². The predicted octanol–water partition coefficient (Wildman–Crippen LogP) is 4.69. The van der Waals surface area contributed by atoms with Crippen LogP contribution in [0.2, 0.25) is 0 Å². The van der Waals surface area contributed by atoms with Crippen LogP contribution in [0.5, 0.6) is 0 Å². The zero-order valence-corrected chi connectivity index (χ0v) is 14.1. The summed E-state index contributed by atoms with van der Waals surface area (Å²) in [7, 11) is 0. The molecule has 1 amide bonds. The Kier molecular flexibility index (Phi) is 5.37. The molecule has 0 saturated heterocycles. The van der Waals surface area contributed by atoms with Crippen LogP contribution >= 0.6 is 22.9 Å². The van der Waals surface area contributed by atoms with Gasteiger partial charge in [0.1, 0.15) is 0 Å². The number of alkyl halides is 1. The van der Waals surface area contributed by atoms with Crippen LogP contribution in [0, 0.1) is 20.8 Å². The summed E-state index contributed by atoms with van der Waals surface area (Å²) < 4.78 is 0. The van der Waals surface area contributed by atoms with Crippen molar-refractivity contribution in [3.05, 3.63) is 34.2 Å². The lowest BCUT2D eigenvalue weighted by atomic mass is 9.98. The zero-order chi connectivity index (χ0) is 15.4. The second-order valence-corrected chi connectivity index (χ2v) is 6.39. The summed E-state index contributed by atoms with van der Waals surface area (Å²) in [5.74, 6) is 0.465. The lowest BCUT2D eigenvalue weighted by molar-refractivity contribution is -0.116. The maximum atomic E-state index is 11.7. The van der Waals surface area contributed by atoms with Gasteiger partial charge in [-0.3, -0.25) is 4.79 Å². The highest BCUT2D eigenvalue weighted by Crippen LogP contribution is 2.31. The normalized spacial score (nSPS) is 10.7. The third-order valence-electron chi connectivity index (χ3n) is 3.22. The Balaban J connectivity index is 2.19. The molecule has 0 fully saturated rings. The van der Waals surface area contributed by atoms with Crippen molar-refractivity contribution in [1.82, 2.24) is 4.98 Å². The molecule has 3 nitrogen and oxygen atoms in total. The minimum absolute atomic E-state index is 0.0334. The Bertz CT molecular complexity index is 628. The summed E-state index contributed by atoms with van der Waals surface area (Å²) in [5, 5.41) is 5.46. The van der Waals surface area contributed by atoms with Crippen LogP contribution < -0.4 is 5.32 Å². The fourth-order valence-corrected chi connectivity index (χ4v) is 3.29. The number of anilines is 1. The summed E-state index contributed by atoms with van der Waals surface area (Å²) >= 11 is 7.04. The van der Waals surface area contributed by atoms with Crippen molar-refractivity contribution < 1.29 is 4.79 Å². The largest absolute Gasteiger partial charge is 0.302 e. The molecule has 0 aliphatic rings. The Morgan fingerprint density at radius 3 is 2.57 bits per heavy atom. The van der Waals surface area contributed by atoms with E-state index in [1.165, 1.54) is 28.0 Å². The number of amides is 1. The van der Waals surface area contributed by atoms with Gasteiger partial charge in [-0.1, -0.05) is 17.7 Å². The van der Waals surface area contributed by atoms with Gasteiger partial charge >= 0.3 is 0 Å². The van der Waals surface area contributed by atoms with Crippen molar-refractivity contribution in [2.24, 2.45) is 0 Å². The van der Waals surface area contributed by atoms with E-state index in [0.29, 0.717) is 23.9 Å².